The van der Waals surface area contributed by atoms with E-state index in [1.54, 1.807) is 6.07 Å². The maximum Gasteiger partial charge on any atom is 0.320 e. The molecule has 0 bridgehead atoms. The molecule has 0 unspecified atom stereocenters. The van der Waals surface area contributed by atoms with Gasteiger partial charge in [-0.2, -0.15) is 0 Å². The lowest BCUT2D eigenvalue weighted by Crippen LogP contribution is -2.34. The first-order valence-corrected chi connectivity index (χ1v) is 7.41. The fraction of sp³-hybridized carbons (Fsp3) is 0.500. The van der Waals surface area contributed by atoms with E-state index in [4.69, 9.17) is 11.6 Å². The topological polar surface area (TPSA) is 37.3 Å². The van der Waals surface area contributed by atoms with Crippen molar-refractivity contribution in [2.24, 2.45) is 0 Å². The zero-order valence-electron chi connectivity index (χ0n) is 10.8. The predicted octanol–water partition coefficient (Wildman–Crippen LogP) is 4.86. The van der Waals surface area contributed by atoms with Crippen molar-refractivity contribution in [1.82, 2.24) is 0 Å². The molecule has 0 fully saturated rings. The summed E-state index contributed by atoms with van der Waals surface area (Å²) in [4.78, 5) is 12.6. The van der Waals surface area contributed by atoms with Gasteiger partial charge in [0, 0.05) is 9.92 Å². The minimum atomic E-state index is -0.728. The van der Waals surface area contributed by atoms with Crippen molar-refractivity contribution in [3.63, 3.8) is 0 Å². The SMILES string of the molecule is CCCC(CCC)(Sc1cccc(Cl)c1)C(=O)O. The van der Waals surface area contributed by atoms with E-state index in [1.165, 1.54) is 11.8 Å². The Labute approximate surface area is 118 Å². The van der Waals surface area contributed by atoms with Gasteiger partial charge in [0.25, 0.3) is 0 Å². The van der Waals surface area contributed by atoms with Crippen LogP contribution in [-0.4, -0.2) is 15.8 Å². The zero-order chi connectivity index (χ0) is 13.6. The molecular formula is C14H19ClO2S. The Balaban J connectivity index is 2.99. The first kappa shape index (κ1) is 15.4. The first-order chi connectivity index (χ1) is 8.54. The summed E-state index contributed by atoms with van der Waals surface area (Å²) in [5.74, 6) is -0.726. The van der Waals surface area contributed by atoms with Gasteiger partial charge >= 0.3 is 5.97 Å². The number of hydrogen-bond donors (Lipinski definition) is 1. The molecule has 4 heteroatoms. The van der Waals surface area contributed by atoms with Crippen LogP contribution in [0.25, 0.3) is 0 Å². The van der Waals surface area contributed by atoms with Crippen LogP contribution in [-0.2, 0) is 4.79 Å². The molecule has 0 saturated heterocycles. The summed E-state index contributed by atoms with van der Waals surface area (Å²) in [6.07, 6.45) is 3.07. The van der Waals surface area contributed by atoms with Crippen molar-refractivity contribution in [1.29, 1.82) is 0 Å². The number of rotatable bonds is 7. The number of hydrogen-bond acceptors (Lipinski definition) is 2. The van der Waals surface area contributed by atoms with Gasteiger partial charge in [-0.1, -0.05) is 44.4 Å². The highest BCUT2D eigenvalue weighted by molar-refractivity contribution is 8.01. The molecule has 0 aromatic heterocycles. The molecule has 1 aromatic rings. The second kappa shape index (κ2) is 7.05. The Hall–Kier alpha value is -0.670. The summed E-state index contributed by atoms with van der Waals surface area (Å²) >= 11 is 7.37. The van der Waals surface area contributed by atoms with Gasteiger partial charge < -0.3 is 5.11 Å². The second-order valence-electron chi connectivity index (χ2n) is 4.36. The van der Waals surface area contributed by atoms with E-state index < -0.39 is 10.7 Å². The summed E-state index contributed by atoms with van der Waals surface area (Å²) in [6.45, 7) is 4.04. The van der Waals surface area contributed by atoms with Crippen molar-refractivity contribution in [3.05, 3.63) is 29.3 Å². The highest BCUT2D eigenvalue weighted by Gasteiger charge is 2.37. The van der Waals surface area contributed by atoms with E-state index in [-0.39, 0.29) is 0 Å². The number of thioether (sulfide) groups is 1. The number of carbonyl (C=O) groups is 1. The highest BCUT2D eigenvalue weighted by Crippen LogP contribution is 2.41. The maximum absolute atomic E-state index is 11.6. The Morgan fingerprint density at radius 3 is 2.39 bits per heavy atom. The van der Waals surface area contributed by atoms with Crippen molar-refractivity contribution in [2.75, 3.05) is 0 Å². The molecule has 0 aliphatic heterocycles. The number of carboxylic acid groups (broad SMARTS) is 1. The third-order valence-electron chi connectivity index (χ3n) is 2.81. The largest absolute Gasteiger partial charge is 0.480 e. The van der Waals surface area contributed by atoms with Crippen LogP contribution in [0.1, 0.15) is 39.5 Å². The Kier molecular flexibility index (Phi) is 6.03. The van der Waals surface area contributed by atoms with Crippen molar-refractivity contribution < 1.29 is 9.90 Å². The van der Waals surface area contributed by atoms with Gasteiger partial charge in [-0.05, 0) is 31.0 Å². The van der Waals surface area contributed by atoms with E-state index in [0.717, 1.165) is 17.7 Å². The van der Waals surface area contributed by atoms with Crippen LogP contribution in [0.15, 0.2) is 29.2 Å². The first-order valence-electron chi connectivity index (χ1n) is 6.22. The van der Waals surface area contributed by atoms with Crippen LogP contribution in [0.3, 0.4) is 0 Å². The molecule has 0 radical (unpaired) electrons. The highest BCUT2D eigenvalue weighted by atomic mass is 35.5. The molecule has 0 atom stereocenters. The average Bonchev–Trinajstić information content (AvgIpc) is 2.29. The Morgan fingerprint density at radius 1 is 1.33 bits per heavy atom. The number of benzene rings is 1. The Morgan fingerprint density at radius 2 is 1.94 bits per heavy atom. The monoisotopic (exact) mass is 286 g/mol. The molecule has 0 heterocycles. The summed E-state index contributed by atoms with van der Waals surface area (Å²) in [6, 6.07) is 7.40. The van der Waals surface area contributed by atoms with Gasteiger partial charge in [-0.15, -0.1) is 11.8 Å². The molecule has 2 nitrogen and oxygen atoms in total. The smallest absolute Gasteiger partial charge is 0.320 e. The lowest BCUT2D eigenvalue weighted by atomic mass is 9.97. The molecule has 100 valence electrons. The molecule has 0 saturated carbocycles. The third kappa shape index (κ3) is 3.92. The van der Waals surface area contributed by atoms with E-state index in [9.17, 15) is 9.90 Å². The summed E-state index contributed by atoms with van der Waals surface area (Å²) < 4.78 is -0.728. The lowest BCUT2D eigenvalue weighted by molar-refractivity contribution is -0.140. The van der Waals surface area contributed by atoms with Crippen molar-refractivity contribution >= 4 is 29.3 Å². The van der Waals surface area contributed by atoms with Gasteiger partial charge in [-0.3, -0.25) is 4.79 Å². The maximum atomic E-state index is 11.6. The van der Waals surface area contributed by atoms with Crippen molar-refractivity contribution in [2.45, 2.75) is 49.2 Å². The van der Waals surface area contributed by atoms with Crippen LogP contribution < -0.4 is 0 Å². The normalized spacial score (nSPS) is 11.5. The van der Waals surface area contributed by atoms with Crippen molar-refractivity contribution in [3.8, 4) is 0 Å². The molecule has 1 aromatic carbocycles. The summed E-state index contributed by atoms with van der Waals surface area (Å²) in [5, 5.41) is 10.2. The predicted molar refractivity (Wildman–Crippen MR) is 77.5 cm³/mol. The third-order valence-corrected chi connectivity index (χ3v) is 4.51. The fourth-order valence-electron chi connectivity index (χ4n) is 2.05. The van der Waals surface area contributed by atoms with Crippen LogP contribution >= 0.6 is 23.4 Å². The number of aliphatic carboxylic acids is 1. The van der Waals surface area contributed by atoms with Gasteiger partial charge in [0.05, 0.1) is 0 Å². The van der Waals surface area contributed by atoms with E-state index in [0.29, 0.717) is 17.9 Å². The van der Waals surface area contributed by atoms with Crippen LogP contribution in [0.4, 0.5) is 0 Å². The minimum absolute atomic E-state index is 0.646. The van der Waals surface area contributed by atoms with Gasteiger partial charge in [0.1, 0.15) is 4.75 Å². The van der Waals surface area contributed by atoms with Crippen LogP contribution in [0, 0.1) is 0 Å². The lowest BCUT2D eigenvalue weighted by Gasteiger charge is -2.28. The quantitative estimate of drug-likeness (QED) is 0.728. The number of halogens is 1. The molecule has 0 aliphatic carbocycles. The van der Waals surface area contributed by atoms with Crippen LogP contribution in [0.5, 0.6) is 0 Å². The van der Waals surface area contributed by atoms with Gasteiger partial charge in [0.2, 0.25) is 0 Å². The van der Waals surface area contributed by atoms with Crippen LogP contribution in [0.2, 0.25) is 5.02 Å². The minimum Gasteiger partial charge on any atom is -0.480 e. The Bertz CT molecular complexity index is 401. The standard InChI is InChI=1S/C14H19ClO2S/c1-3-8-14(9-4-2,13(16)17)18-12-7-5-6-11(15)10-12/h5-7,10H,3-4,8-9H2,1-2H3,(H,16,17). The number of carboxylic acids is 1. The van der Waals surface area contributed by atoms with Gasteiger partial charge in [0.15, 0.2) is 0 Å². The molecule has 1 rings (SSSR count). The molecule has 0 amide bonds. The second-order valence-corrected chi connectivity index (χ2v) is 6.25. The molecule has 1 N–H and O–H groups in total. The summed E-state index contributed by atoms with van der Waals surface area (Å²) in [5.41, 5.74) is 0. The van der Waals surface area contributed by atoms with E-state index in [2.05, 4.69) is 0 Å². The molecule has 0 spiro atoms. The summed E-state index contributed by atoms with van der Waals surface area (Å²) in [7, 11) is 0. The molecule has 18 heavy (non-hydrogen) atoms. The van der Waals surface area contributed by atoms with E-state index >= 15 is 0 Å². The fourth-order valence-corrected chi connectivity index (χ4v) is 3.79. The van der Waals surface area contributed by atoms with E-state index in [1.807, 2.05) is 32.0 Å². The molecule has 0 aliphatic rings. The average molecular weight is 287 g/mol. The molecular weight excluding hydrogens is 268 g/mol. The van der Waals surface area contributed by atoms with Gasteiger partial charge in [-0.25, -0.2) is 0 Å². The zero-order valence-corrected chi connectivity index (χ0v) is 12.4.